The van der Waals surface area contributed by atoms with Gasteiger partial charge in [0.15, 0.2) is 0 Å². The number of hydrogen-bond donors (Lipinski definition) is 2. The van der Waals surface area contributed by atoms with Crippen molar-refractivity contribution in [1.82, 2.24) is 10.6 Å². The van der Waals surface area contributed by atoms with E-state index in [2.05, 4.69) is 20.4 Å². The molecule has 1 atom stereocenters. The zero-order valence-electron chi connectivity index (χ0n) is 10.2. The van der Waals surface area contributed by atoms with Crippen molar-refractivity contribution in [2.45, 2.75) is 13.0 Å². The maximum absolute atomic E-state index is 13.6. The van der Waals surface area contributed by atoms with Crippen LogP contribution in [0.25, 0.3) is 0 Å². The van der Waals surface area contributed by atoms with E-state index in [1.54, 1.807) is 6.92 Å². The van der Waals surface area contributed by atoms with Crippen molar-refractivity contribution in [2.24, 2.45) is 4.99 Å². The minimum Gasteiger partial charge on any atom is -0.450 e. The molecule has 2 rings (SSSR count). The van der Waals surface area contributed by atoms with Gasteiger partial charge in [-0.05, 0) is 19.1 Å². The Morgan fingerprint density at radius 2 is 2.21 bits per heavy atom. The van der Waals surface area contributed by atoms with Crippen molar-refractivity contribution in [2.75, 3.05) is 13.2 Å². The van der Waals surface area contributed by atoms with Gasteiger partial charge < -0.3 is 10.1 Å². The van der Waals surface area contributed by atoms with E-state index >= 15 is 0 Å². The number of halogens is 2. The van der Waals surface area contributed by atoms with E-state index in [1.165, 1.54) is 18.2 Å². The molecule has 1 unspecified atom stereocenters. The smallest absolute Gasteiger partial charge is 0.413 e. The molecule has 5 nitrogen and oxygen atoms in total. The largest absolute Gasteiger partial charge is 0.450 e. The van der Waals surface area contributed by atoms with Crippen LogP contribution in [0.3, 0.4) is 0 Å². The summed E-state index contributed by atoms with van der Waals surface area (Å²) in [5, 5.41) is 5.09. The summed E-state index contributed by atoms with van der Waals surface area (Å²) in [5.41, 5.74) is -0.0908. The van der Waals surface area contributed by atoms with E-state index < -0.39 is 23.8 Å². The molecule has 0 radical (unpaired) electrons. The van der Waals surface area contributed by atoms with Crippen molar-refractivity contribution in [3.63, 3.8) is 0 Å². The Morgan fingerprint density at radius 3 is 2.84 bits per heavy atom. The topological polar surface area (TPSA) is 62.7 Å². The number of nitrogens with one attached hydrogen (secondary N) is 2. The average molecular weight is 269 g/mol. The molecule has 1 aromatic carbocycles. The first-order valence-electron chi connectivity index (χ1n) is 5.80. The molecule has 7 heteroatoms. The number of rotatable bonds is 2. The van der Waals surface area contributed by atoms with Crippen molar-refractivity contribution < 1.29 is 18.3 Å². The molecule has 1 aliphatic rings. The second-order valence-corrected chi connectivity index (χ2v) is 3.87. The first-order valence-corrected chi connectivity index (χ1v) is 5.80. The number of nitrogens with zero attached hydrogens (tertiary/aromatic N) is 1. The molecule has 2 N–H and O–H groups in total. The summed E-state index contributed by atoms with van der Waals surface area (Å²) >= 11 is 0. The van der Waals surface area contributed by atoms with Crippen LogP contribution in [-0.4, -0.2) is 25.2 Å². The molecular formula is C12H13F2N3O2. The van der Waals surface area contributed by atoms with Crippen LogP contribution >= 0.6 is 0 Å². The van der Waals surface area contributed by atoms with Crippen LogP contribution < -0.4 is 10.6 Å². The van der Waals surface area contributed by atoms with Gasteiger partial charge in [0.1, 0.15) is 11.6 Å². The van der Waals surface area contributed by atoms with Gasteiger partial charge >= 0.3 is 6.09 Å². The molecule has 102 valence electrons. The molecule has 0 spiro atoms. The lowest BCUT2D eigenvalue weighted by molar-refractivity contribution is 0.157. The van der Waals surface area contributed by atoms with Gasteiger partial charge in [0.25, 0.3) is 0 Å². The fraction of sp³-hybridized carbons (Fsp3) is 0.333. The zero-order valence-corrected chi connectivity index (χ0v) is 10.2. The normalized spacial score (nSPS) is 17.6. The molecule has 1 aliphatic heterocycles. The SMILES string of the molecule is CCOC(=O)NC1=NCC(c2c(F)cccc2F)N1. The number of carbonyl (C=O) groups excluding carboxylic acids is 1. The van der Waals surface area contributed by atoms with Crippen LogP contribution in [0.2, 0.25) is 0 Å². The van der Waals surface area contributed by atoms with Gasteiger partial charge in [-0.2, -0.15) is 0 Å². The van der Waals surface area contributed by atoms with Crippen LogP contribution in [-0.2, 0) is 4.74 Å². The number of guanidine groups is 1. The molecule has 1 heterocycles. The molecule has 19 heavy (non-hydrogen) atoms. The van der Waals surface area contributed by atoms with E-state index in [9.17, 15) is 13.6 Å². The van der Waals surface area contributed by atoms with Crippen LogP contribution in [0, 0.1) is 11.6 Å². The Kier molecular flexibility index (Phi) is 3.94. The summed E-state index contributed by atoms with van der Waals surface area (Å²) < 4.78 is 31.8. The van der Waals surface area contributed by atoms with E-state index in [0.29, 0.717) is 0 Å². The Balaban J connectivity index is 2.03. The Hall–Kier alpha value is -2.18. The van der Waals surface area contributed by atoms with E-state index in [-0.39, 0.29) is 24.7 Å². The molecule has 1 aromatic rings. The lowest BCUT2D eigenvalue weighted by Crippen LogP contribution is -2.39. The summed E-state index contributed by atoms with van der Waals surface area (Å²) in [6.07, 6.45) is -0.664. The van der Waals surface area contributed by atoms with E-state index in [4.69, 9.17) is 0 Å². The lowest BCUT2D eigenvalue weighted by Gasteiger charge is -2.14. The van der Waals surface area contributed by atoms with Gasteiger partial charge in [0.05, 0.1) is 19.2 Å². The maximum Gasteiger partial charge on any atom is 0.413 e. The third-order valence-electron chi connectivity index (χ3n) is 2.59. The molecule has 0 aromatic heterocycles. The highest BCUT2D eigenvalue weighted by Crippen LogP contribution is 2.23. The average Bonchev–Trinajstić information content (AvgIpc) is 2.77. The van der Waals surface area contributed by atoms with Gasteiger partial charge in [-0.3, -0.25) is 10.3 Å². The fourth-order valence-electron chi connectivity index (χ4n) is 1.79. The minimum absolute atomic E-state index is 0.0908. The molecule has 0 aliphatic carbocycles. The number of aliphatic imine (C=N–C) groups is 1. The Bertz CT molecular complexity index is 499. The van der Waals surface area contributed by atoms with Crippen LogP contribution in [0.1, 0.15) is 18.5 Å². The minimum atomic E-state index is -0.664. The van der Waals surface area contributed by atoms with Gasteiger partial charge in [-0.25, -0.2) is 13.6 Å². The highest BCUT2D eigenvalue weighted by Gasteiger charge is 2.26. The second kappa shape index (κ2) is 5.64. The quantitative estimate of drug-likeness (QED) is 0.859. The lowest BCUT2D eigenvalue weighted by atomic mass is 10.1. The predicted molar refractivity (Wildman–Crippen MR) is 64.7 cm³/mol. The third kappa shape index (κ3) is 2.98. The Morgan fingerprint density at radius 1 is 1.53 bits per heavy atom. The summed E-state index contributed by atoms with van der Waals surface area (Å²) in [5.74, 6) is -1.15. The van der Waals surface area contributed by atoms with E-state index in [0.717, 1.165) is 0 Å². The Labute approximate surface area is 108 Å². The monoisotopic (exact) mass is 269 g/mol. The summed E-state index contributed by atoms with van der Waals surface area (Å²) in [4.78, 5) is 15.1. The van der Waals surface area contributed by atoms with Crippen molar-refractivity contribution >= 4 is 12.1 Å². The van der Waals surface area contributed by atoms with Gasteiger partial charge in [0.2, 0.25) is 5.96 Å². The van der Waals surface area contributed by atoms with Gasteiger partial charge in [-0.15, -0.1) is 0 Å². The summed E-state index contributed by atoms with van der Waals surface area (Å²) in [6, 6.07) is 3.01. The maximum atomic E-state index is 13.6. The van der Waals surface area contributed by atoms with Crippen molar-refractivity contribution in [3.8, 4) is 0 Å². The number of ether oxygens (including phenoxy) is 1. The number of benzene rings is 1. The summed E-state index contributed by atoms with van der Waals surface area (Å²) in [6.45, 7) is 2.03. The number of alkyl carbamates (subject to hydrolysis) is 1. The highest BCUT2D eigenvalue weighted by molar-refractivity contribution is 5.95. The molecule has 0 saturated carbocycles. The van der Waals surface area contributed by atoms with Crippen LogP contribution in [0.15, 0.2) is 23.2 Å². The van der Waals surface area contributed by atoms with Crippen LogP contribution in [0.5, 0.6) is 0 Å². The second-order valence-electron chi connectivity index (χ2n) is 3.87. The van der Waals surface area contributed by atoms with Gasteiger partial charge in [-0.1, -0.05) is 6.07 Å². The third-order valence-corrected chi connectivity index (χ3v) is 2.59. The standard InChI is InChI=1S/C12H13F2N3O2/c1-2-19-12(18)17-11-15-6-9(16-11)10-7(13)4-3-5-8(10)14/h3-5,9H,2,6H2,1H3,(H2,15,16,17,18). The molecule has 0 bridgehead atoms. The van der Waals surface area contributed by atoms with Crippen molar-refractivity contribution in [3.05, 3.63) is 35.4 Å². The fourth-order valence-corrected chi connectivity index (χ4v) is 1.79. The number of hydrogen-bond acceptors (Lipinski definition) is 4. The molecular weight excluding hydrogens is 256 g/mol. The zero-order chi connectivity index (χ0) is 13.8. The first kappa shape index (κ1) is 13.3. The van der Waals surface area contributed by atoms with E-state index in [1.807, 2.05) is 0 Å². The molecule has 0 fully saturated rings. The molecule has 0 saturated heterocycles. The predicted octanol–water partition coefficient (Wildman–Crippen LogP) is 1.71. The van der Waals surface area contributed by atoms with Crippen LogP contribution in [0.4, 0.5) is 13.6 Å². The molecule has 1 amide bonds. The van der Waals surface area contributed by atoms with Gasteiger partial charge in [0, 0.05) is 5.56 Å². The first-order chi connectivity index (χ1) is 9.11. The number of carbonyl (C=O) groups is 1. The summed E-state index contributed by atoms with van der Waals surface area (Å²) in [7, 11) is 0. The highest BCUT2D eigenvalue weighted by atomic mass is 19.1. The van der Waals surface area contributed by atoms with Crippen molar-refractivity contribution in [1.29, 1.82) is 0 Å². The number of amides is 1.